The fourth-order valence-electron chi connectivity index (χ4n) is 1.32. The third-order valence-corrected chi connectivity index (χ3v) is 4.95. The molecule has 0 unspecified atom stereocenters. The lowest BCUT2D eigenvalue weighted by Gasteiger charge is -2.09. The van der Waals surface area contributed by atoms with E-state index < -0.39 is 12.5 Å². The van der Waals surface area contributed by atoms with E-state index in [9.17, 15) is 9.59 Å². The Hall–Kier alpha value is -0.700. The molecule has 2 heterocycles. The predicted molar refractivity (Wildman–Crippen MR) is 79.5 cm³/mol. The van der Waals surface area contributed by atoms with Crippen LogP contribution in [0.1, 0.15) is 5.56 Å². The number of rotatable bonds is 3. The number of carboxylic acids is 1. The first-order valence-electron chi connectivity index (χ1n) is 4.68. The van der Waals surface area contributed by atoms with Gasteiger partial charge in [-0.15, -0.1) is 11.3 Å². The summed E-state index contributed by atoms with van der Waals surface area (Å²) >= 11 is 11.0. The third-order valence-electron chi connectivity index (χ3n) is 2.05. The van der Waals surface area contributed by atoms with Crippen molar-refractivity contribution in [3.63, 3.8) is 0 Å². The number of carboxylic acid groups (broad SMARTS) is 1. The van der Waals surface area contributed by atoms with Crippen LogP contribution in [0.4, 0.5) is 0 Å². The molecule has 1 aromatic rings. The van der Waals surface area contributed by atoms with Gasteiger partial charge in [0.25, 0.3) is 5.91 Å². The molecule has 1 aliphatic rings. The molecule has 1 fully saturated rings. The van der Waals surface area contributed by atoms with Crippen molar-refractivity contribution in [3.8, 4) is 0 Å². The summed E-state index contributed by atoms with van der Waals surface area (Å²) in [4.78, 5) is 24.1. The molecule has 2 rings (SSSR count). The number of carbonyl (C=O) groups is 2. The standard InChI is InChI=1S/C10H6BrNO3S3/c11-7-2-5(4-17-7)1-6-9(15)12(3-8(13)14)10(16)18-6/h1-2,4H,3H2,(H,13,14)/b6-1+. The van der Waals surface area contributed by atoms with Gasteiger partial charge in [0.1, 0.15) is 10.9 Å². The first-order valence-corrected chi connectivity index (χ1v) is 7.58. The van der Waals surface area contributed by atoms with Crippen LogP contribution in [-0.4, -0.2) is 32.7 Å². The summed E-state index contributed by atoms with van der Waals surface area (Å²) in [5.41, 5.74) is 0.891. The van der Waals surface area contributed by atoms with E-state index in [-0.39, 0.29) is 10.2 Å². The van der Waals surface area contributed by atoms with E-state index in [4.69, 9.17) is 17.3 Å². The molecule has 1 saturated heterocycles. The fourth-order valence-corrected chi connectivity index (χ4v) is 3.71. The van der Waals surface area contributed by atoms with Gasteiger partial charge in [-0.3, -0.25) is 14.5 Å². The number of thiophene rings is 1. The van der Waals surface area contributed by atoms with Crippen molar-refractivity contribution < 1.29 is 14.7 Å². The predicted octanol–water partition coefficient (Wildman–Crippen LogP) is 2.80. The van der Waals surface area contributed by atoms with Crippen LogP contribution >= 0.6 is 51.2 Å². The topological polar surface area (TPSA) is 57.6 Å². The highest BCUT2D eigenvalue weighted by Crippen LogP contribution is 2.33. The molecular formula is C10H6BrNO3S3. The van der Waals surface area contributed by atoms with Crippen molar-refractivity contribution in [2.75, 3.05) is 6.54 Å². The summed E-state index contributed by atoms with van der Waals surface area (Å²) in [5, 5.41) is 10.6. The van der Waals surface area contributed by atoms with E-state index in [1.54, 1.807) is 6.08 Å². The summed E-state index contributed by atoms with van der Waals surface area (Å²) in [6, 6.07) is 1.88. The number of nitrogens with zero attached hydrogens (tertiary/aromatic N) is 1. The van der Waals surface area contributed by atoms with Crippen molar-refractivity contribution >= 4 is 73.5 Å². The minimum Gasteiger partial charge on any atom is -0.480 e. The number of carbonyl (C=O) groups excluding carboxylic acids is 1. The molecule has 0 radical (unpaired) electrons. The van der Waals surface area contributed by atoms with Gasteiger partial charge in [0.05, 0.1) is 8.69 Å². The van der Waals surface area contributed by atoms with Crippen LogP contribution in [0.3, 0.4) is 0 Å². The summed E-state index contributed by atoms with van der Waals surface area (Å²) < 4.78 is 1.25. The second-order valence-corrected chi connectivity index (χ2v) is 7.31. The molecule has 1 amide bonds. The molecule has 0 aromatic carbocycles. The Labute approximate surface area is 125 Å². The summed E-state index contributed by atoms with van der Waals surface area (Å²) in [7, 11) is 0. The Morgan fingerprint density at radius 1 is 1.61 bits per heavy atom. The average molecular weight is 364 g/mol. The molecule has 0 bridgehead atoms. The number of thioether (sulfide) groups is 1. The van der Waals surface area contributed by atoms with E-state index in [2.05, 4.69) is 15.9 Å². The fraction of sp³-hybridized carbons (Fsp3) is 0.100. The van der Waals surface area contributed by atoms with Crippen molar-refractivity contribution in [2.24, 2.45) is 0 Å². The van der Waals surface area contributed by atoms with Crippen molar-refractivity contribution in [2.45, 2.75) is 0 Å². The normalized spacial score (nSPS) is 17.8. The van der Waals surface area contributed by atoms with E-state index in [0.29, 0.717) is 4.91 Å². The highest BCUT2D eigenvalue weighted by atomic mass is 79.9. The lowest BCUT2D eigenvalue weighted by atomic mass is 10.3. The Bertz CT molecular complexity index is 566. The zero-order valence-electron chi connectivity index (χ0n) is 8.75. The maximum absolute atomic E-state index is 11.9. The molecule has 0 aliphatic carbocycles. The van der Waals surface area contributed by atoms with Gasteiger partial charge in [0.15, 0.2) is 0 Å². The number of amides is 1. The Balaban J connectivity index is 2.22. The zero-order chi connectivity index (χ0) is 13.3. The van der Waals surface area contributed by atoms with E-state index in [1.807, 2.05) is 11.4 Å². The molecule has 4 nitrogen and oxygen atoms in total. The van der Waals surface area contributed by atoms with Gasteiger partial charge >= 0.3 is 5.97 Å². The van der Waals surface area contributed by atoms with Crippen LogP contribution in [0.25, 0.3) is 6.08 Å². The molecule has 1 aromatic heterocycles. The molecule has 8 heteroatoms. The highest BCUT2D eigenvalue weighted by Gasteiger charge is 2.33. The average Bonchev–Trinajstić information content (AvgIpc) is 2.78. The maximum Gasteiger partial charge on any atom is 0.323 e. The molecule has 18 heavy (non-hydrogen) atoms. The minimum atomic E-state index is -1.08. The lowest BCUT2D eigenvalue weighted by molar-refractivity contribution is -0.140. The summed E-state index contributed by atoms with van der Waals surface area (Å²) in [6.45, 7) is -0.394. The molecule has 94 valence electrons. The van der Waals surface area contributed by atoms with Gasteiger partial charge in [-0.05, 0) is 39.0 Å². The van der Waals surface area contributed by atoms with Crippen LogP contribution in [0.2, 0.25) is 0 Å². The second-order valence-electron chi connectivity index (χ2n) is 3.35. The SMILES string of the molecule is O=C(O)CN1C(=O)/C(=C\c2csc(Br)c2)SC1=S. The Morgan fingerprint density at radius 3 is 2.89 bits per heavy atom. The third kappa shape index (κ3) is 3.00. The second kappa shape index (κ2) is 5.52. The van der Waals surface area contributed by atoms with Gasteiger partial charge in [-0.1, -0.05) is 24.0 Å². The minimum absolute atomic E-state index is 0.281. The number of hydrogen-bond acceptors (Lipinski definition) is 5. The van der Waals surface area contributed by atoms with Crippen LogP contribution < -0.4 is 0 Å². The first-order chi connectivity index (χ1) is 8.47. The smallest absolute Gasteiger partial charge is 0.323 e. The van der Waals surface area contributed by atoms with Gasteiger partial charge in [0, 0.05) is 0 Å². The van der Waals surface area contributed by atoms with Crippen molar-refractivity contribution in [1.29, 1.82) is 0 Å². The van der Waals surface area contributed by atoms with Crippen molar-refractivity contribution in [3.05, 3.63) is 25.7 Å². The largest absolute Gasteiger partial charge is 0.480 e. The van der Waals surface area contributed by atoms with E-state index in [1.165, 1.54) is 11.3 Å². The maximum atomic E-state index is 11.9. The molecular weight excluding hydrogens is 358 g/mol. The molecule has 0 atom stereocenters. The van der Waals surface area contributed by atoms with Crippen molar-refractivity contribution in [1.82, 2.24) is 4.90 Å². The monoisotopic (exact) mass is 363 g/mol. The van der Waals surface area contributed by atoms with Crippen LogP contribution in [0.5, 0.6) is 0 Å². The molecule has 0 saturated carbocycles. The number of hydrogen-bond donors (Lipinski definition) is 1. The lowest BCUT2D eigenvalue weighted by Crippen LogP contribution is -2.33. The first kappa shape index (κ1) is 13.7. The van der Waals surface area contributed by atoms with Crippen LogP contribution in [0, 0.1) is 0 Å². The van der Waals surface area contributed by atoms with Gasteiger partial charge in [-0.25, -0.2) is 0 Å². The van der Waals surface area contributed by atoms with Gasteiger partial charge in [-0.2, -0.15) is 0 Å². The van der Waals surface area contributed by atoms with Crippen LogP contribution in [-0.2, 0) is 9.59 Å². The molecule has 0 spiro atoms. The number of halogens is 1. The van der Waals surface area contributed by atoms with Gasteiger partial charge < -0.3 is 5.11 Å². The Morgan fingerprint density at radius 2 is 2.33 bits per heavy atom. The quantitative estimate of drug-likeness (QED) is 0.660. The summed E-state index contributed by atoms with van der Waals surface area (Å²) in [6.07, 6.45) is 1.71. The Kier molecular flexibility index (Phi) is 4.21. The molecule has 1 N–H and O–H groups in total. The summed E-state index contributed by atoms with van der Waals surface area (Å²) in [5.74, 6) is -1.43. The molecule has 1 aliphatic heterocycles. The number of aliphatic carboxylic acids is 1. The van der Waals surface area contributed by atoms with Gasteiger partial charge in [0.2, 0.25) is 0 Å². The highest BCUT2D eigenvalue weighted by molar-refractivity contribution is 9.11. The van der Waals surface area contributed by atoms with E-state index in [0.717, 1.165) is 26.0 Å². The van der Waals surface area contributed by atoms with E-state index >= 15 is 0 Å². The number of thiocarbonyl (C=S) groups is 1. The zero-order valence-corrected chi connectivity index (χ0v) is 12.8. The van der Waals surface area contributed by atoms with Crippen LogP contribution in [0.15, 0.2) is 20.1 Å².